The van der Waals surface area contributed by atoms with Crippen LogP contribution in [0.4, 0.5) is 5.69 Å². The Bertz CT molecular complexity index is 314. The average Bonchev–Trinajstić information content (AvgIpc) is 2.67. The monoisotopic (exact) mass is 192 g/mol. The minimum absolute atomic E-state index is 0.366. The summed E-state index contributed by atoms with van der Waals surface area (Å²) in [6.45, 7) is 2.71. The molecule has 0 radical (unpaired) electrons. The normalized spacial score (nSPS) is 21.5. The molecular formula is C11H16N2O. The molecule has 76 valence electrons. The minimum atomic E-state index is 0.366. The van der Waals surface area contributed by atoms with E-state index in [1.165, 1.54) is 0 Å². The fraction of sp³-hybridized carbons (Fsp3) is 0.455. The van der Waals surface area contributed by atoms with E-state index in [-0.39, 0.29) is 0 Å². The number of anilines is 1. The lowest BCUT2D eigenvalue weighted by Gasteiger charge is -2.19. The van der Waals surface area contributed by atoms with E-state index in [4.69, 9.17) is 5.73 Å². The number of nitrogens with two attached hydrogens (primary N) is 1. The van der Waals surface area contributed by atoms with Crippen LogP contribution in [0.2, 0.25) is 0 Å². The summed E-state index contributed by atoms with van der Waals surface area (Å²) in [6.07, 6.45) is 1.13. The lowest BCUT2D eigenvalue weighted by molar-refractivity contribution is 0.474. The third kappa shape index (κ3) is 1.68. The van der Waals surface area contributed by atoms with Crippen LogP contribution in [0, 0.1) is 5.92 Å². The van der Waals surface area contributed by atoms with Crippen LogP contribution in [0.5, 0.6) is 5.75 Å². The second-order valence-corrected chi connectivity index (χ2v) is 3.83. The molecule has 0 bridgehead atoms. The SMILES string of the molecule is NCC1CCN(c2ccccc2O)C1. The Balaban J connectivity index is 2.13. The van der Waals surface area contributed by atoms with Gasteiger partial charge in [0.05, 0.1) is 5.69 Å². The first-order valence-corrected chi connectivity index (χ1v) is 5.04. The van der Waals surface area contributed by atoms with Gasteiger partial charge in [-0.15, -0.1) is 0 Å². The zero-order valence-electron chi connectivity index (χ0n) is 8.19. The predicted molar refractivity (Wildman–Crippen MR) is 57.5 cm³/mol. The van der Waals surface area contributed by atoms with Gasteiger partial charge in [-0.05, 0) is 31.0 Å². The van der Waals surface area contributed by atoms with Crippen LogP contribution in [0.3, 0.4) is 0 Å². The van der Waals surface area contributed by atoms with Gasteiger partial charge in [0.1, 0.15) is 5.75 Å². The molecule has 1 unspecified atom stereocenters. The third-order valence-corrected chi connectivity index (χ3v) is 2.84. The lowest BCUT2D eigenvalue weighted by atomic mass is 10.1. The summed E-state index contributed by atoms with van der Waals surface area (Å²) >= 11 is 0. The van der Waals surface area contributed by atoms with E-state index in [1.54, 1.807) is 6.07 Å². The molecule has 1 aliphatic heterocycles. The third-order valence-electron chi connectivity index (χ3n) is 2.84. The standard InChI is InChI=1S/C11H16N2O/c12-7-9-5-6-13(8-9)10-3-1-2-4-11(10)14/h1-4,9,14H,5-8,12H2. The molecule has 1 atom stereocenters. The van der Waals surface area contributed by atoms with Gasteiger partial charge < -0.3 is 15.7 Å². The van der Waals surface area contributed by atoms with Crippen molar-refractivity contribution in [2.24, 2.45) is 11.7 Å². The van der Waals surface area contributed by atoms with Gasteiger partial charge in [-0.1, -0.05) is 12.1 Å². The number of hydrogen-bond donors (Lipinski definition) is 2. The van der Waals surface area contributed by atoms with E-state index >= 15 is 0 Å². The first-order chi connectivity index (χ1) is 6.81. The summed E-state index contributed by atoms with van der Waals surface area (Å²) in [5, 5.41) is 9.66. The Labute approximate surface area is 84.1 Å². The van der Waals surface area contributed by atoms with Crippen molar-refractivity contribution in [1.82, 2.24) is 0 Å². The number of benzene rings is 1. The van der Waals surface area contributed by atoms with Gasteiger partial charge in [0.25, 0.3) is 0 Å². The van der Waals surface area contributed by atoms with E-state index < -0.39 is 0 Å². The molecule has 0 aliphatic carbocycles. The second kappa shape index (κ2) is 3.88. The van der Waals surface area contributed by atoms with Crippen LogP contribution >= 0.6 is 0 Å². The number of hydrogen-bond acceptors (Lipinski definition) is 3. The number of para-hydroxylation sites is 2. The summed E-state index contributed by atoms with van der Waals surface area (Å²) in [5.74, 6) is 0.944. The number of nitrogens with zero attached hydrogens (tertiary/aromatic N) is 1. The quantitative estimate of drug-likeness (QED) is 0.739. The Hall–Kier alpha value is -1.22. The van der Waals surface area contributed by atoms with Crippen molar-refractivity contribution in [3.8, 4) is 5.75 Å². The van der Waals surface area contributed by atoms with Crippen LogP contribution in [0.1, 0.15) is 6.42 Å². The van der Waals surface area contributed by atoms with Gasteiger partial charge in [0.15, 0.2) is 0 Å². The topological polar surface area (TPSA) is 49.5 Å². The average molecular weight is 192 g/mol. The Morgan fingerprint density at radius 3 is 2.86 bits per heavy atom. The Kier molecular flexibility index (Phi) is 2.59. The van der Waals surface area contributed by atoms with Crippen LogP contribution in [-0.2, 0) is 0 Å². The molecule has 3 heteroatoms. The fourth-order valence-corrected chi connectivity index (χ4v) is 1.98. The van der Waals surface area contributed by atoms with Gasteiger partial charge >= 0.3 is 0 Å². The van der Waals surface area contributed by atoms with Gasteiger partial charge in [0, 0.05) is 13.1 Å². The van der Waals surface area contributed by atoms with Crippen molar-refractivity contribution in [2.45, 2.75) is 6.42 Å². The first-order valence-electron chi connectivity index (χ1n) is 5.04. The van der Waals surface area contributed by atoms with Crippen molar-refractivity contribution in [2.75, 3.05) is 24.5 Å². The highest BCUT2D eigenvalue weighted by molar-refractivity contribution is 5.58. The molecule has 0 spiro atoms. The smallest absolute Gasteiger partial charge is 0.138 e. The van der Waals surface area contributed by atoms with Crippen LogP contribution < -0.4 is 10.6 Å². The molecule has 0 amide bonds. The molecule has 1 aromatic carbocycles. The van der Waals surface area contributed by atoms with E-state index in [1.807, 2.05) is 18.2 Å². The van der Waals surface area contributed by atoms with Gasteiger partial charge in [-0.2, -0.15) is 0 Å². The van der Waals surface area contributed by atoms with Crippen molar-refractivity contribution in [1.29, 1.82) is 0 Å². The highest BCUT2D eigenvalue weighted by Gasteiger charge is 2.22. The van der Waals surface area contributed by atoms with Gasteiger partial charge in [0.2, 0.25) is 0 Å². The number of aromatic hydroxyl groups is 1. The summed E-state index contributed by atoms with van der Waals surface area (Å²) in [7, 11) is 0. The van der Waals surface area contributed by atoms with E-state index in [0.717, 1.165) is 31.7 Å². The van der Waals surface area contributed by atoms with Crippen LogP contribution in [-0.4, -0.2) is 24.7 Å². The molecular weight excluding hydrogens is 176 g/mol. The van der Waals surface area contributed by atoms with Crippen LogP contribution in [0.25, 0.3) is 0 Å². The molecule has 1 aliphatic rings. The molecule has 2 rings (SSSR count). The molecule has 1 fully saturated rings. The molecule has 14 heavy (non-hydrogen) atoms. The zero-order chi connectivity index (χ0) is 9.97. The Morgan fingerprint density at radius 2 is 2.21 bits per heavy atom. The maximum Gasteiger partial charge on any atom is 0.138 e. The summed E-state index contributed by atoms with van der Waals surface area (Å²) in [4.78, 5) is 2.20. The predicted octanol–water partition coefficient (Wildman–Crippen LogP) is 1.18. The van der Waals surface area contributed by atoms with Crippen molar-refractivity contribution >= 4 is 5.69 Å². The molecule has 1 heterocycles. The maximum atomic E-state index is 9.66. The number of phenolic OH excluding ortho intramolecular Hbond substituents is 1. The summed E-state index contributed by atoms with van der Waals surface area (Å²) in [6, 6.07) is 7.47. The lowest BCUT2D eigenvalue weighted by Crippen LogP contribution is -2.22. The van der Waals surface area contributed by atoms with Gasteiger partial charge in [-0.25, -0.2) is 0 Å². The van der Waals surface area contributed by atoms with E-state index in [2.05, 4.69) is 4.90 Å². The molecule has 1 aromatic rings. The molecule has 3 N–H and O–H groups in total. The fourth-order valence-electron chi connectivity index (χ4n) is 1.98. The van der Waals surface area contributed by atoms with Crippen molar-refractivity contribution in [3.05, 3.63) is 24.3 Å². The first kappa shape index (κ1) is 9.34. The maximum absolute atomic E-state index is 9.66. The molecule has 0 saturated carbocycles. The highest BCUT2D eigenvalue weighted by atomic mass is 16.3. The van der Waals surface area contributed by atoms with Crippen molar-refractivity contribution < 1.29 is 5.11 Å². The zero-order valence-corrected chi connectivity index (χ0v) is 8.19. The second-order valence-electron chi connectivity index (χ2n) is 3.83. The van der Waals surface area contributed by atoms with E-state index in [9.17, 15) is 5.11 Å². The largest absolute Gasteiger partial charge is 0.506 e. The minimum Gasteiger partial charge on any atom is -0.506 e. The number of rotatable bonds is 2. The summed E-state index contributed by atoms with van der Waals surface area (Å²) in [5.41, 5.74) is 6.56. The summed E-state index contributed by atoms with van der Waals surface area (Å²) < 4.78 is 0. The van der Waals surface area contributed by atoms with Gasteiger partial charge in [-0.3, -0.25) is 0 Å². The van der Waals surface area contributed by atoms with Crippen molar-refractivity contribution in [3.63, 3.8) is 0 Å². The molecule has 3 nitrogen and oxygen atoms in total. The highest BCUT2D eigenvalue weighted by Crippen LogP contribution is 2.30. The van der Waals surface area contributed by atoms with Crippen LogP contribution in [0.15, 0.2) is 24.3 Å². The molecule has 0 aromatic heterocycles. The Morgan fingerprint density at radius 1 is 1.43 bits per heavy atom. The van der Waals surface area contributed by atoms with E-state index in [0.29, 0.717) is 11.7 Å². The molecule has 1 saturated heterocycles. The number of phenols is 1.